The maximum atomic E-state index is 11.4. The lowest BCUT2D eigenvalue weighted by atomic mass is 10.4. The largest absolute Gasteiger partial charge is 0.461 e. The number of thiazole rings is 1. The van der Waals surface area contributed by atoms with Gasteiger partial charge in [0.1, 0.15) is 5.69 Å². The van der Waals surface area contributed by atoms with E-state index in [2.05, 4.69) is 20.9 Å². The molecular formula is C10H8BrNO3S. The third-order valence-corrected chi connectivity index (χ3v) is 3.03. The minimum atomic E-state index is -0.399. The molecule has 16 heavy (non-hydrogen) atoms. The van der Waals surface area contributed by atoms with Crippen molar-refractivity contribution in [2.24, 2.45) is 0 Å². The Morgan fingerprint density at radius 1 is 1.62 bits per heavy atom. The molecule has 0 bridgehead atoms. The summed E-state index contributed by atoms with van der Waals surface area (Å²) in [7, 11) is 0. The van der Waals surface area contributed by atoms with Crippen LogP contribution in [0.15, 0.2) is 26.6 Å². The number of carbonyl (C=O) groups is 1. The summed E-state index contributed by atoms with van der Waals surface area (Å²) in [5.41, 5.74) is 0.638. The zero-order chi connectivity index (χ0) is 11.5. The average molecular weight is 302 g/mol. The molecule has 0 aromatic carbocycles. The predicted octanol–water partition coefficient (Wildman–Crippen LogP) is 3.34. The summed E-state index contributed by atoms with van der Waals surface area (Å²) in [6.07, 6.45) is 0. The number of hydrogen-bond acceptors (Lipinski definition) is 5. The van der Waals surface area contributed by atoms with Crippen molar-refractivity contribution in [1.82, 2.24) is 4.98 Å². The van der Waals surface area contributed by atoms with Crippen molar-refractivity contribution < 1.29 is 13.9 Å². The Kier molecular flexibility index (Phi) is 3.40. The number of rotatable bonds is 3. The van der Waals surface area contributed by atoms with Crippen molar-refractivity contribution in [3.63, 3.8) is 0 Å². The van der Waals surface area contributed by atoms with E-state index < -0.39 is 5.97 Å². The van der Waals surface area contributed by atoms with Crippen LogP contribution in [0.1, 0.15) is 16.7 Å². The molecule has 0 unspecified atom stereocenters. The zero-order valence-corrected chi connectivity index (χ0v) is 10.8. The van der Waals surface area contributed by atoms with Crippen LogP contribution in [0.5, 0.6) is 0 Å². The van der Waals surface area contributed by atoms with Crippen LogP contribution in [0.4, 0.5) is 0 Å². The first-order valence-corrected chi connectivity index (χ1v) is 6.26. The summed E-state index contributed by atoms with van der Waals surface area (Å²) in [6.45, 7) is 2.11. The third kappa shape index (κ3) is 2.33. The van der Waals surface area contributed by atoms with Gasteiger partial charge in [-0.2, -0.15) is 0 Å². The smallest absolute Gasteiger partial charge is 0.367 e. The SMILES string of the molecule is CCOC(=O)c1nc(-c2ccc(Br)o2)cs1. The number of carbonyl (C=O) groups excluding carboxylic acids is 1. The summed E-state index contributed by atoms with van der Waals surface area (Å²) in [6, 6.07) is 3.56. The van der Waals surface area contributed by atoms with E-state index in [0.29, 0.717) is 27.7 Å². The lowest BCUT2D eigenvalue weighted by Gasteiger charge is -1.95. The molecule has 0 radical (unpaired) electrons. The molecule has 0 saturated heterocycles. The summed E-state index contributed by atoms with van der Waals surface area (Å²) in [4.78, 5) is 15.5. The van der Waals surface area contributed by atoms with Crippen LogP contribution in [0.2, 0.25) is 0 Å². The topological polar surface area (TPSA) is 52.3 Å². The molecule has 0 aliphatic carbocycles. The van der Waals surface area contributed by atoms with Crippen molar-refractivity contribution in [2.45, 2.75) is 6.92 Å². The number of esters is 1. The summed E-state index contributed by atoms with van der Waals surface area (Å²) >= 11 is 4.45. The van der Waals surface area contributed by atoms with Crippen molar-refractivity contribution in [3.8, 4) is 11.5 Å². The Labute approximate surface area is 104 Å². The van der Waals surface area contributed by atoms with Gasteiger partial charge in [0, 0.05) is 5.38 Å². The number of ether oxygens (including phenoxy) is 1. The quantitative estimate of drug-likeness (QED) is 0.816. The van der Waals surface area contributed by atoms with Crippen LogP contribution >= 0.6 is 27.3 Å². The maximum absolute atomic E-state index is 11.4. The van der Waals surface area contributed by atoms with Crippen LogP contribution in [0.3, 0.4) is 0 Å². The van der Waals surface area contributed by atoms with Gasteiger partial charge in [0.15, 0.2) is 10.4 Å². The highest BCUT2D eigenvalue weighted by molar-refractivity contribution is 9.10. The minimum Gasteiger partial charge on any atom is -0.461 e. The van der Waals surface area contributed by atoms with E-state index in [0.717, 1.165) is 0 Å². The summed E-state index contributed by atoms with van der Waals surface area (Å²) in [5.74, 6) is 0.225. The molecule has 2 heterocycles. The second-order valence-electron chi connectivity index (χ2n) is 2.86. The van der Waals surface area contributed by atoms with Crippen molar-refractivity contribution in [3.05, 3.63) is 27.2 Å². The number of hydrogen-bond donors (Lipinski definition) is 0. The minimum absolute atomic E-state index is 0.337. The van der Waals surface area contributed by atoms with Gasteiger partial charge in [0.2, 0.25) is 5.01 Å². The molecule has 0 aliphatic rings. The Balaban J connectivity index is 2.22. The maximum Gasteiger partial charge on any atom is 0.367 e. The van der Waals surface area contributed by atoms with E-state index in [9.17, 15) is 4.79 Å². The standard InChI is InChI=1S/C10H8BrNO3S/c1-2-14-10(13)9-12-6(5-16-9)7-3-4-8(11)15-7/h3-5H,2H2,1H3. The zero-order valence-electron chi connectivity index (χ0n) is 8.40. The Bertz CT molecular complexity index is 506. The lowest BCUT2D eigenvalue weighted by Crippen LogP contribution is -2.03. The molecule has 0 spiro atoms. The van der Waals surface area contributed by atoms with Gasteiger partial charge in [-0.25, -0.2) is 9.78 Å². The van der Waals surface area contributed by atoms with E-state index in [-0.39, 0.29) is 0 Å². The van der Waals surface area contributed by atoms with Crippen molar-refractivity contribution in [1.29, 1.82) is 0 Å². The van der Waals surface area contributed by atoms with Crippen molar-refractivity contribution in [2.75, 3.05) is 6.61 Å². The highest BCUT2D eigenvalue weighted by Gasteiger charge is 2.14. The fourth-order valence-corrected chi connectivity index (χ4v) is 2.13. The van der Waals surface area contributed by atoms with Crippen LogP contribution < -0.4 is 0 Å². The Morgan fingerprint density at radius 2 is 2.44 bits per heavy atom. The second kappa shape index (κ2) is 4.80. The first kappa shape index (κ1) is 11.3. The van der Waals surface area contributed by atoms with Gasteiger partial charge in [0.25, 0.3) is 0 Å². The van der Waals surface area contributed by atoms with E-state index in [1.165, 1.54) is 11.3 Å². The third-order valence-electron chi connectivity index (χ3n) is 1.78. The highest BCUT2D eigenvalue weighted by atomic mass is 79.9. The number of aromatic nitrogens is 1. The molecule has 0 amide bonds. The van der Waals surface area contributed by atoms with Crippen LogP contribution in [-0.4, -0.2) is 17.6 Å². The van der Waals surface area contributed by atoms with Gasteiger partial charge < -0.3 is 9.15 Å². The monoisotopic (exact) mass is 301 g/mol. The van der Waals surface area contributed by atoms with Gasteiger partial charge in [0.05, 0.1) is 6.61 Å². The first-order chi connectivity index (χ1) is 7.70. The lowest BCUT2D eigenvalue weighted by molar-refractivity contribution is 0.0526. The molecule has 2 aromatic rings. The number of halogens is 1. The van der Waals surface area contributed by atoms with Gasteiger partial charge in [-0.3, -0.25) is 0 Å². The number of nitrogens with zero attached hydrogens (tertiary/aromatic N) is 1. The second-order valence-corrected chi connectivity index (χ2v) is 4.50. The van der Waals surface area contributed by atoms with Crippen LogP contribution in [0, 0.1) is 0 Å². The molecule has 0 atom stereocenters. The van der Waals surface area contributed by atoms with Crippen LogP contribution in [0.25, 0.3) is 11.5 Å². The fraction of sp³-hybridized carbons (Fsp3) is 0.200. The molecule has 0 aliphatic heterocycles. The molecule has 6 heteroatoms. The van der Waals surface area contributed by atoms with Crippen LogP contribution in [-0.2, 0) is 4.74 Å². The van der Waals surface area contributed by atoms with Gasteiger partial charge in [-0.1, -0.05) is 0 Å². The summed E-state index contributed by atoms with van der Waals surface area (Å²) < 4.78 is 10.8. The van der Waals surface area contributed by atoms with E-state index in [1.54, 1.807) is 24.4 Å². The summed E-state index contributed by atoms with van der Waals surface area (Å²) in [5, 5.41) is 2.10. The van der Waals surface area contributed by atoms with Gasteiger partial charge in [-0.05, 0) is 35.0 Å². The van der Waals surface area contributed by atoms with Crippen molar-refractivity contribution >= 4 is 33.2 Å². The first-order valence-electron chi connectivity index (χ1n) is 4.59. The molecule has 2 rings (SSSR count). The fourth-order valence-electron chi connectivity index (χ4n) is 1.13. The van der Waals surface area contributed by atoms with E-state index >= 15 is 0 Å². The highest BCUT2D eigenvalue weighted by Crippen LogP contribution is 2.26. The van der Waals surface area contributed by atoms with Gasteiger partial charge >= 0.3 is 5.97 Å². The number of furan rings is 1. The molecule has 4 nitrogen and oxygen atoms in total. The molecule has 84 valence electrons. The molecule has 0 N–H and O–H groups in total. The Morgan fingerprint density at radius 3 is 3.06 bits per heavy atom. The predicted molar refractivity (Wildman–Crippen MR) is 63.5 cm³/mol. The normalized spacial score (nSPS) is 10.4. The molecule has 0 saturated carbocycles. The van der Waals surface area contributed by atoms with Gasteiger partial charge in [-0.15, -0.1) is 11.3 Å². The van der Waals surface area contributed by atoms with E-state index in [1.807, 2.05) is 0 Å². The molecule has 2 aromatic heterocycles. The average Bonchev–Trinajstić information content (AvgIpc) is 2.85. The van der Waals surface area contributed by atoms with E-state index in [4.69, 9.17) is 9.15 Å². The Hall–Kier alpha value is -1.14. The molecular weight excluding hydrogens is 294 g/mol. The molecule has 0 fully saturated rings.